The quantitative estimate of drug-likeness (QED) is 0.683. The number of ether oxygens (including phenoxy) is 1. The fourth-order valence-electron chi connectivity index (χ4n) is 2.06. The third-order valence-electron chi connectivity index (χ3n) is 3.24. The number of benzene rings is 1. The summed E-state index contributed by atoms with van der Waals surface area (Å²) in [5.41, 5.74) is 1.09. The van der Waals surface area contributed by atoms with E-state index in [1.807, 2.05) is 24.3 Å². The van der Waals surface area contributed by atoms with E-state index in [1.54, 1.807) is 18.9 Å². The first kappa shape index (κ1) is 15.9. The Balaban J connectivity index is 2.29. The summed E-state index contributed by atoms with van der Waals surface area (Å²) in [5.74, 6) is 2.89. The van der Waals surface area contributed by atoms with Crippen LogP contribution in [0.1, 0.15) is 33.1 Å². The maximum absolute atomic E-state index is 5.21. The molecule has 114 valence electrons. The summed E-state index contributed by atoms with van der Waals surface area (Å²) in [6.45, 7) is 5.36. The molecule has 4 nitrogen and oxygen atoms in total. The predicted molar refractivity (Wildman–Crippen MR) is 87.9 cm³/mol. The van der Waals surface area contributed by atoms with Crippen LogP contribution in [0.4, 0.5) is 0 Å². The van der Waals surface area contributed by atoms with E-state index < -0.39 is 0 Å². The second-order valence-corrected chi connectivity index (χ2v) is 5.95. The van der Waals surface area contributed by atoms with Crippen LogP contribution in [-0.4, -0.2) is 27.6 Å². The second-order valence-electron chi connectivity index (χ2n) is 4.89. The first-order valence-electron chi connectivity index (χ1n) is 7.50. The summed E-state index contributed by atoms with van der Waals surface area (Å²) in [6.07, 6.45) is 3.45. The van der Waals surface area contributed by atoms with Crippen LogP contribution in [0.15, 0.2) is 29.4 Å². The molecule has 0 saturated carbocycles. The molecule has 1 heterocycles. The van der Waals surface area contributed by atoms with Crippen LogP contribution >= 0.6 is 11.8 Å². The number of thioether (sulfide) groups is 1. The van der Waals surface area contributed by atoms with Crippen molar-refractivity contribution in [3.8, 4) is 17.1 Å². The summed E-state index contributed by atoms with van der Waals surface area (Å²) < 4.78 is 7.45. The zero-order valence-electron chi connectivity index (χ0n) is 13.0. The molecule has 0 N–H and O–H groups in total. The molecule has 0 unspecified atom stereocenters. The lowest BCUT2D eigenvalue weighted by Gasteiger charge is -2.09. The lowest BCUT2D eigenvalue weighted by atomic mass is 10.2. The largest absolute Gasteiger partial charge is 0.497 e. The van der Waals surface area contributed by atoms with Gasteiger partial charge in [-0.3, -0.25) is 0 Å². The molecule has 1 aromatic carbocycles. The molecule has 5 heteroatoms. The average molecular weight is 305 g/mol. The van der Waals surface area contributed by atoms with E-state index >= 15 is 0 Å². The molecular weight excluding hydrogens is 282 g/mol. The van der Waals surface area contributed by atoms with Gasteiger partial charge in [0, 0.05) is 17.9 Å². The minimum atomic E-state index is 0.860. The van der Waals surface area contributed by atoms with Gasteiger partial charge in [-0.05, 0) is 37.1 Å². The number of rotatable bonds is 8. The Morgan fingerprint density at radius 2 is 1.86 bits per heavy atom. The average Bonchev–Trinajstić information content (AvgIpc) is 2.93. The van der Waals surface area contributed by atoms with Crippen molar-refractivity contribution in [1.82, 2.24) is 14.8 Å². The van der Waals surface area contributed by atoms with Crippen molar-refractivity contribution >= 4 is 11.8 Å². The van der Waals surface area contributed by atoms with Crippen molar-refractivity contribution in [3.05, 3.63) is 24.3 Å². The fourth-order valence-corrected chi connectivity index (χ4v) is 2.88. The van der Waals surface area contributed by atoms with Crippen molar-refractivity contribution in [3.63, 3.8) is 0 Å². The Kier molecular flexibility index (Phi) is 6.11. The predicted octanol–water partition coefficient (Wildman–Crippen LogP) is 4.26. The van der Waals surface area contributed by atoms with Crippen LogP contribution < -0.4 is 4.74 Å². The third-order valence-corrected chi connectivity index (χ3v) is 4.41. The third kappa shape index (κ3) is 4.00. The molecule has 0 spiro atoms. The van der Waals surface area contributed by atoms with Gasteiger partial charge in [-0.2, -0.15) is 0 Å². The summed E-state index contributed by atoms with van der Waals surface area (Å²) in [4.78, 5) is 0. The number of hydrogen-bond donors (Lipinski definition) is 0. The molecule has 2 rings (SSSR count). The van der Waals surface area contributed by atoms with Gasteiger partial charge in [0.15, 0.2) is 11.0 Å². The molecule has 0 amide bonds. The van der Waals surface area contributed by atoms with Crippen molar-refractivity contribution in [2.45, 2.75) is 44.8 Å². The van der Waals surface area contributed by atoms with Gasteiger partial charge in [0.25, 0.3) is 0 Å². The smallest absolute Gasteiger partial charge is 0.191 e. The molecule has 2 aromatic rings. The highest BCUT2D eigenvalue weighted by Gasteiger charge is 2.13. The highest BCUT2D eigenvalue weighted by atomic mass is 32.2. The number of aromatic nitrogens is 3. The van der Waals surface area contributed by atoms with E-state index in [2.05, 4.69) is 28.6 Å². The number of methoxy groups -OCH3 is 1. The Labute approximate surface area is 130 Å². The molecule has 1 aromatic heterocycles. The minimum Gasteiger partial charge on any atom is -0.497 e. The summed E-state index contributed by atoms with van der Waals surface area (Å²) in [7, 11) is 1.68. The van der Waals surface area contributed by atoms with Crippen molar-refractivity contribution < 1.29 is 4.74 Å². The zero-order chi connectivity index (χ0) is 15.1. The van der Waals surface area contributed by atoms with E-state index in [0.29, 0.717) is 0 Å². The van der Waals surface area contributed by atoms with Crippen LogP contribution in [-0.2, 0) is 6.54 Å². The SMILES string of the molecule is CCCCn1c(SCCC)nnc1-c1ccc(OC)cc1. The molecule has 0 atom stereocenters. The standard InChI is InChI=1S/C16H23N3OS/c1-4-6-11-19-15(17-18-16(19)21-12-5-2)13-7-9-14(20-3)10-8-13/h7-10H,4-6,11-12H2,1-3H3. The van der Waals surface area contributed by atoms with Crippen molar-refractivity contribution in [2.24, 2.45) is 0 Å². The first-order valence-corrected chi connectivity index (χ1v) is 8.49. The van der Waals surface area contributed by atoms with E-state index in [1.165, 1.54) is 0 Å². The van der Waals surface area contributed by atoms with Gasteiger partial charge in [0.2, 0.25) is 0 Å². The van der Waals surface area contributed by atoms with Gasteiger partial charge in [0.05, 0.1) is 7.11 Å². The van der Waals surface area contributed by atoms with Gasteiger partial charge in [0.1, 0.15) is 5.75 Å². The Morgan fingerprint density at radius 3 is 2.48 bits per heavy atom. The monoisotopic (exact) mass is 305 g/mol. The molecule has 0 aliphatic heterocycles. The number of nitrogens with zero attached hydrogens (tertiary/aromatic N) is 3. The zero-order valence-corrected chi connectivity index (χ0v) is 13.8. The van der Waals surface area contributed by atoms with Crippen molar-refractivity contribution in [1.29, 1.82) is 0 Å². The van der Waals surface area contributed by atoms with Gasteiger partial charge in [-0.15, -0.1) is 10.2 Å². The molecule has 0 radical (unpaired) electrons. The molecular formula is C16H23N3OS. The summed E-state index contributed by atoms with van der Waals surface area (Å²) in [6, 6.07) is 8.01. The molecule has 0 fully saturated rings. The minimum absolute atomic E-state index is 0.860. The van der Waals surface area contributed by atoms with E-state index in [9.17, 15) is 0 Å². The first-order chi connectivity index (χ1) is 10.3. The molecule has 0 aliphatic carbocycles. The lowest BCUT2D eigenvalue weighted by molar-refractivity contribution is 0.415. The van der Waals surface area contributed by atoms with Crippen LogP contribution in [0, 0.1) is 0 Å². The Morgan fingerprint density at radius 1 is 1.10 bits per heavy atom. The normalized spacial score (nSPS) is 10.8. The summed E-state index contributed by atoms with van der Waals surface area (Å²) >= 11 is 1.79. The highest BCUT2D eigenvalue weighted by Crippen LogP contribution is 2.26. The maximum atomic E-state index is 5.21. The van der Waals surface area contributed by atoms with Gasteiger partial charge >= 0.3 is 0 Å². The molecule has 0 bridgehead atoms. The number of hydrogen-bond acceptors (Lipinski definition) is 4. The Hall–Kier alpha value is -1.49. The lowest BCUT2D eigenvalue weighted by Crippen LogP contribution is -2.02. The second kappa shape index (κ2) is 8.08. The van der Waals surface area contributed by atoms with E-state index in [0.717, 1.165) is 53.9 Å². The van der Waals surface area contributed by atoms with Gasteiger partial charge in [-0.25, -0.2) is 0 Å². The Bertz CT molecular complexity index is 551. The van der Waals surface area contributed by atoms with Crippen LogP contribution in [0.2, 0.25) is 0 Å². The summed E-state index contributed by atoms with van der Waals surface area (Å²) in [5, 5.41) is 9.79. The topological polar surface area (TPSA) is 39.9 Å². The van der Waals surface area contributed by atoms with E-state index in [-0.39, 0.29) is 0 Å². The molecule has 0 saturated heterocycles. The number of unbranched alkanes of at least 4 members (excludes halogenated alkanes) is 1. The van der Waals surface area contributed by atoms with E-state index in [4.69, 9.17) is 4.74 Å². The van der Waals surface area contributed by atoms with Gasteiger partial charge < -0.3 is 9.30 Å². The van der Waals surface area contributed by atoms with Crippen LogP contribution in [0.3, 0.4) is 0 Å². The van der Waals surface area contributed by atoms with Gasteiger partial charge in [-0.1, -0.05) is 32.0 Å². The molecule has 0 aliphatic rings. The maximum Gasteiger partial charge on any atom is 0.191 e. The highest BCUT2D eigenvalue weighted by molar-refractivity contribution is 7.99. The van der Waals surface area contributed by atoms with Crippen LogP contribution in [0.5, 0.6) is 5.75 Å². The molecule has 21 heavy (non-hydrogen) atoms. The van der Waals surface area contributed by atoms with Crippen LogP contribution in [0.25, 0.3) is 11.4 Å². The van der Waals surface area contributed by atoms with Crippen molar-refractivity contribution in [2.75, 3.05) is 12.9 Å². The fraction of sp³-hybridized carbons (Fsp3) is 0.500.